The van der Waals surface area contributed by atoms with E-state index in [0.29, 0.717) is 12.3 Å². The van der Waals surface area contributed by atoms with E-state index in [4.69, 9.17) is 5.11 Å². The van der Waals surface area contributed by atoms with Crippen LogP contribution in [0.3, 0.4) is 0 Å². The quantitative estimate of drug-likeness (QED) is 0.894. The summed E-state index contributed by atoms with van der Waals surface area (Å²) in [4.78, 5) is 22.0. The molecule has 2 heterocycles. The van der Waals surface area contributed by atoms with Crippen LogP contribution in [-0.2, 0) is 11.2 Å². The molecule has 0 aliphatic carbocycles. The van der Waals surface area contributed by atoms with Crippen molar-refractivity contribution in [2.24, 2.45) is 0 Å². The van der Waals surface area contributed by atoms with Crippen LogP contribution in [0.5, 0.6) is 0 Å². The van der Waals surface area contributed by atoms with E-state index in [1.807, 2.05) is 13.0 Å². The van der Waals surface area contributed by atoms with E-state index in [2.05, 4.69) is 21.9 Å². The van der Waals surface area contributed by atoms with Gasteiger partial charge in [0.1, 0.15) is 5.82 Å². The molecule has 104 valence electrons. The lowest BCUT2D eigenvalue weighted by molar-refractivity contribution is -0.136. The van der Waals surface area contributed by atoms with Crippen molar-refractivity contribution in [3.63, 3.8) is 0 Å². The minimum atomic E-state index is -0.782. The van der Waals surface area contributed by atoms with Gasteiger partial charge in [-0.25, -0.2) is 9.97 Å². The number of aryl methyl sites for hydroxylation is 2. The van der Waals surface area contributed by atoms with Crippen LogP contribution < -0.4 is 0 Å². The minimum absolute atomic E-state index is 0.125. The van der Waals surface area contributed by atoms with Crippen LogP contribution in [0.4, 0.5) is 0 Å². The number of nitrogens with zero attached hydrogens (tertiary/aromatic N) is 3. The Morgan fingerprint density at radius 3 is 3.00 bits per heavy atom. The fourth-order valence-corrected chi connectivity index (χ4v) is 2.58. The van der Waals surface area contributed by atoms with Crippen molar-refractivity contribution >= 4 is 5.97 Å². The molecule has 0 spiro atoms. The van der Waals surface area contributed by atoms with E-state index < -0.39 is 5.97 Å². The van der Waals surface area contributed by atoms with Crippen LogP contribution in [0.15, 0.2) is 6.07 Å². The number of carbonyl (C=O) groups is 1. The van der Waals surface area contributed by atoms with E-state index in [-0.39, 0.29) is 6.42 Å². The molecule has 1 aliphatic heterocycles. The molecule has 2 rings (SSSR count). The maximum absolute atomic E-state index is 10.6. The predicted molar refractivity (Wildman–Crippen MR) is 72.2 cm³/mol. The summed E-state index contributed by atoms with van der Waals surface area (Å²) in [5.41, 5.74) is 1.77. The fourth-order valence-electron chi connectivity index (χ4n) is 2.58. The molecule has 1 N–H and O–H groups in total. The molecule has 5 nitrogen and oxygen atoms in total. The summed E-state index contributed by atoms with van der Waals surface area (Å²) < 4.78 is 0. The molecule has 1 saturated heterocycles. The lowest BCUT2D eigenvalue weighted by Crippen LogP contribution is -2.31. The normalized spacial score (nSPS) is 20.4. The first kappa shape index (κ1) is 13.9. The van der Waals surface area contributed by atoms with Crippen molar-refractivity contribution < 1.29 is 9.90 Å². The van der Waals surface area contributed by atoms with E-state index >= 15 is 0 Å². The number of likely N-dealkylation sites (tertiary alicyclic amines) is 1. The van der Waals surface area contributed by atoms with E-state index in [9.17, 15) is 4.79 Å². The van der Waals surface area contributed by atoms with Crippen molar-refractivity contribution in [3.8, 4) is 0 Å². The second-order valence-corrected chi connectivity index (χ2v) is 5.35. The average Bonchev–Trinajstić information content (AvgIpc) is 2.36. The van der Waals surface area contributed by atoms with Gasteiger partial charge in [0, 0.05) is 30.3 Å². The molecule has 0 radical (unpaired) electrons. The average molecular weight is 263 g/mol. The Morgan fingerprint density at radius 1 is 1.53 bits per heavy atom. The molecule has 5 heteroatoms. The number of carboxylic acids is 1. The fraction of sp³-hybridized carbons (Fsp3) is 0.643. The maximum Gasteiger partial charge on any atom is 0.303 e. The van der Waals surface area contributed by atoms with Gasteiger partial charge in [-0.3, -0.25) is 4.79 Å². The van der Waals surface area contributed by atoms with E-state index in [1.54, 1.807) is 0 Å². The Bertz CT molecular complexity index is 462. The third-order valence-electron chi connectivity index (χ3n) is 3.51. The zero-order valence-electron chi connectivity index (χ0n) is 11.6. The number of hydrogen-bond acceptors (Lipinski definition) is 4. The van der Waals surface area contributed by atoms with Crippen molar-refractivity contribution in [1.29, 1.82) is 0 Å². The molecule has 1 fully saturated rings. The maximum atomic E-state index is 10.6. The third kappa shape index (κ3) is 3.99. The Morgan fingerprint density at radius 2 is 2.32 bits per heavy atom. The van der Waals surface area contributed by atoms with E-state index in [0.717, 1.165) is 36.7 Å². The van der Waals surface area contributed by atoms with Crippen molar-refractivity contribution in [2.75, 3.05) is 20.1 Å². The monoisotopic (exact) mass is 263 g/mol. The van der Waals surface area contributed by atoms with Crippen molar-refractivity contribution in [3.05, 3.63) is 23.3 Å². The first-order valence-electron chi connectivity index (χ1n) is 6.79. The SMILES string of the molecule is Cc1cc(CCC(=O)O)nc(C2CCCN(C)C2)n1. The van der Waals surface area contributed by atoms with Crippen LogP contribution in [0.25, 0.3) is 0 Å². The molecule has 1 unspecified atom stereocenters. The van der Waals surface area contributed by atoms with Crippen LogP contribution >= 0.6 is 0 Å². The summed E-state index contributed by atoms with van der Waals surface area (Å²) in [5.74, 6) is 0.476. The van der Waals surface area contributed by atoms with Crippen molar-refractivity contribution in [2.45, 2.75) is 38.5 Å². The summed E-state index contributed by atoms with van der Waals surface area (Å²) in [6.45, 7) is 4.07. The molecule has 1 aromatic rings. The summed E-state index contributed by atoms with van der Waals surface area (Å²) in [5, 5.41) is 8.75. The molecule has 0 amide bonds. The largest absolute Gasteiger partial charge is 0.481 e. The van der Waals surface area contributed by atoms with Gasteiger partial charge in [0.25, 0.3) is 0 Å². The zero-order valence-corrected chi connectivity index (χ0v) is 11.6. The highest BCUT2D eigenvalue weighted by Crippen LogP contribution is 2.24. The number of piperidine rings is 1. The van der Waals surface area contributed by atoms with Gasteiger partial charge in [0.2, 0.25) is 0 Å². The smallest absolute Gasteiger partial charge is 0.303 e. The van der Waals surface area contributed by atoms with Crippen LogP contribution in [0, 0.1) is 6.92 Å². The molecule has 1 atom stereocenters. The number of aromatic nitrogens is 2. The topological polar surface area (TPSA) is 66.3 Å². The van der Waals surface area contributed by atoms with Gasteiger partial charge in [0.15, 0.2) is 0 Å². The minimum Gasteiger partial charge on any atom is -0.481 e. The highest BCUT2D eigenvalue weighted by Gasteiger charge is 2.21. The van der Waals surface area contributed by atoms with Crippen molar-refractivity contribution in [1.82, 2.24) is 14.9 Å². The first-order chi connectivity index (χ1) is 9.04. The second-order valence-electron chi connectivity index (χ2n) is 5.35. The number of likely N-dealkylation sites (N-methyl/N-ethyl adjacent to an activating group) is 1. The number of carboxylic acid groups (broad SMARTS) is 1. The van der Waals surface area contributed by atoms with Gasteiger partial charge in [-0.1, -0.05) is 0 Å². The van der Waals surface area contributed by atoms with Gasteiger partial charge in [0.05, 0.1) is 6.42 Å². The highest BCUT2D eigenvalue weighted by atomic mass is 16.4. The van der Waals surface area contributed by atoms with E-state index in [1.165, 1.54) is 6.42 Å². The predicted octanol–water partition coefficient (Wildman–Crippen LogP) is 1.61. The molecule has 0 aromatic carbocycles. The Labute approximate surface area is 113 Å². The first-order valence-corrected chi connectivity index (χ1v) is 6.79. The molecule has 1 aromatic heterocycles. The number of hydrogen-bond donors (Lipinski definition) is 1. The third-order valence-corrected chi connectivity index (χ3v) is 3.51. The molecular formula is C14H21N3O2. The highest BCUT2D eigenvalue weighted by molar-refractivity contribution is 5.66. The Hall–Kier alpha value is -1.49. The summed E-state index contributed by atoms with van der Waals surface area (Å²) >= 11 is 0. The summed E-state index contributed by atoms with van der Waals surface area (Å²) in [6, 6.07) is 1.89. The Balaban J connectivity index is 2.13. The van der Waals surface area contributed by atoms with Crippen LogP contribution in [0.2, 0.25) is 0 Å². The van der Waals surface area contributed by atoms with Crippen LogP contribution in [0.1, 0.15) is 42.4 Å². The van der Waals surface area contributed by atoms with Gasteiger partial charge >= 0.3 is 5.97 Å². The number of aliphatic carboxylic acids is 1. The molecule has 1 aliphatic rings. The second kappa shape index (κ2) is 6.10. The molecule has 0 bridgehead atoms. The Kier molecular flexibility index (Phi) is 4.47. The van der Waals surface area contributed by atoms with Gasteiger partial charge in [-0.15, -0.1) is 0 Å². The number of rotatable bonds is 4. The summed E-state index contributed by atoms with van der Waals surface area (Å²) in [7, 11) is 2.12. The van der Waals surface area contributed by atoms with Gasteiger partial charge in [-0.05, 0) is 39.4 Å². The molecule has 19 heavy (non-hydrogen) atoms. The molecule has 0 saturated carbocycles. The molecular weight excluding hydrogens is 242 g/mol. The van der Waals surface area contributed by atoms with Gasteiger partial charge < -0.3 is 10.0 Å². The summed E-state index contributed by atoms with van der Waals surface area (Å²) in [6.07, 6.45) is 2.89. The lowest BCUT2D eigenvalue weighted by Gasteiger charge is -2.28. The van der Waals surface area contributed by atoms with Crippen LogP contribution in [-0.4, -0.2) is 46.1 Å². The van der Waals surface area contributed by atoms with Gasteiger partial charge in [-0.2, -0.15) is 0 Å². The standard InChI is InChI=1S/C14H21N3O2/c1-10-8-12(5-6-13(18)19)16-14(15-10)11-4-3-7-17(2)9-11/h8,11H,3-7,9H2,1-2H3,(H,18,19). The zero-order chi connectivity index (χ0) is 13.8. The lowest BCUT2D eigenvalue weighted by atomic mass is 9.97.